The maximum Gasteiger partial charge on any atom is 0.191 e. The number of thioether (sulfide) groups is 1. The minimum absolute atomic E-state index is 0.466. The number of rotatable bonds is 4. The van der Waals surface area contributed by atoms with Crippen molar-refractivity contribution in [3.05, 3.63) is 35.9 Å². The van der Waals surface area contributed by atoms with Gasteiger partial charge in [0.15, 0.2) is 5.96 Å². The van der Waals surface area contributed by atoms with E-state index in [1.807, 2.05) is 0 Å². The lowest BCUT2D eigenvalue weighted by Gasteiger charge is -2.35. The van der Waals surface area contributed by atoms with Crippen LogP contribution in [0.3, 0.4) is 0 Å². The van der Waals surface area contributed by atoms with E-state index in [-0.39, 0.29) is 0 Å². The van der Waals surface area contributed by atoms with Crippen LogP contribution in [0.15, 0.2) is 35.3 Å². The van der Waals surface area contributed by atoms with Gasteiger partial charge in [-0.15, -0.1) is 0 Å². The molecule has 5 heteroatoms. The topological polar surface area (TPSA) is 39.7 Å². The monoisotopic (exact) mass is 304 g/mol. The first-order valence-electron chi connectivity index (χ1n) is 7.72. The van der Waals surface area contributed by atoms with Gasteiger partial charge in [0.25, 0.3) is 0 Å². The van der Waals surface area contributed by atoms with E-state index in [0.717, 1.165) is 25.6 Å². The lowest BCUT2D eigenvalue weighted by Crippen LogP contribution is -2.50. The molecular weight excluding hydrogens is 280 g/mol. The zero-order valence-electron chi connectivity index (χ0n) is 12.6. The molecule has 0 amide bonds. The zero-order chi connectivity index (χ0) is 14.5. The van der Waals surface area contributed by atoms with Crippen LogP contribution in [0.1, 0.15) is 12.5 Å². The SMILES string of the molecule is CC1CN=C(NCC2CSCCN2Cc2ccccc2)N1. The fourth-order valence-corrected chi connectivity index (χ4v) is 3.91. The van der Waals surface area contributed by atoms with Crippen molar-refractivity contribution in [2.24, 2.45) is 4.99 Å². The second kappa shape index (κ2) is 7.18. The average Bonchev–Trinajstić information content (AvgIpc) is 2.93. The Bertz CT molecular complexity index is 476. The van der Waals surface area contributed by atoms with Crippen LogP contribution in [0.5, 0.6) is 0 Å². The smallest absolute Gasteiger partial charge is 0.191 e. The van der Waals surface area contributed by atoms with Crippen LogP contribution in [-0.2, 0) is 6.54 Å². The van der Waals surface area contributed by atoms with Crippen molar-refractivity contribution in [2.45, 2.75) is 25.6 Å². The maximum absolute atomic E-state index is 4.48. The van der Waals surface area contributed by atoms with Crippen molar-refractivity contribution in [3.8, 4) is 0 Å². The molecule has 2 atom stereocenters. The summed E-state index contributed by atoms with van der Waals surface area (Å²) in [5.74, 6) is 3.40. The van der Waals surface area contributed by atoms with E-state index in [2.05, 4.69) is 69.5 Å². The Morgan fingerprint density at radius 3 is 3.00 bits per heavy atom. The van der Waals surface area contributed by atoms with Gasteiger partial charge in [-0.05, 0) is 12.5 Å². The van der Waals surface area contributed by atoms with Crippen molar-refractivity contribution in [2.75, 3.05) is 31.1 Å². The molecule has 4 nitrogen and oxygen atoms in total. The van der Waals surface area contributed by atoms with Crippen molar-refractivity contribution >= 4 is 17.7 Å². The molecule has 1 saturated heterocycles. The van der Waals surface area contributed by atoms with Gasteiger partial charge in [-0.1, -0.05) is 30.3 Å². The second-order valence-corrected chi connectivity index (χ2v) is 6.95. The Balaban J connectivity index is 1.54. The third-order valence-electron chi connectivity index (χ3n) is 3.99. The highest BCUT2D eigenvalue weighted by Crippen LogP contribution is 2.18. The van der Waals surface area contributed by atoms with Gasteiger partial charge in [-0.2, -0.15) is 11.8 Å². The number of nitrogens with zero attached hydrogens (tertiary/aromatic N) is 2. The van der Waals surface area contributed by atoms with E-state index in [9.17, 15) is 0 Å². The number of benzene rings is 1. The van der Waals surface area contributed by atoms with E-state index in [1.54, 1.807) is 0 Å². The Morgan fingerprint density at radius 2 is 2.24 bits per heavy atom. The van der Waals surface area contributed by atoms with E-state index in [0.29, 0.717) is 12.1 Å². The van der Waals surface area contributed by atoms with Crippen molar-refractivity contribution in [3.63, 3.8) is 0 Å². The summed E-state index contributed by atoms with van der Waals surface area (Å²) in [4.78, 5) is 7.07. The van der Waals surface area contributed by atoms with Gasteiger partial charge >= 0.3 is 0 Å². The van der Waals surface area contributed by atoms with Gasteiger partial charge in [0, 0.05) is 43.2 Å². The van der Waals surface area contributed by atoms with E-state index in [1.165, 1.54) is 23.6 Å². The molecule has 0 aromatic heterocycles. The molecule has 1 aromatic carbocycles. The van der Waals surface area contributed by atoms with E-state index >= 15 is 0 Å². The first-order chi connectivity index (χ1) is 10.3. The fraction of sp³-hybridized carbons (Fsp3) is 0.562. The molecule has 21 heavy (non-hydrogen) atoms. The van der Waals surface area contributed by atoms with Crippen LogP contribution >= 0.6 is 11.8 Å². The largest absolute Gasteiger partial charge is 0.355 e. The van der Waals surface area contributed by atoms with Gasteiger partial charge in [0.05, 0.1) is 6.54 Å². The Hall–Kier alpha value is -1.20. The highest BCUT2D eigenvalue weighted by molar-refractivity contribution is 7.99. The zero-order valence-corrected chi connectivity index (χ0v) is 13.4. The minimum Gasteiger partial charge on any atom is -0.355 e. The molecule has 0 aliphatic carbocycles. The van der Waals surface area contributed by atoms with Crippen LogP contribution in [0.25, 0.3) is 0 Å². The number of hydrogen-bond acceptors (Lipinski definition) is 5. The third-order valence-corrected chi connectivity index (χ3v) is 5.08. The van der Waals surface area contributed by atoms with Gasteiger partial charge < -0.3 is 10.6 Å². The Kier molecular flexibility index (Phi) is 5.04. The molecule has 0 radical (unpaired) electrons. The highest BCUT2D eigenvalue weighted by atomic mass is 32.2. The molecular formula is C16H24N4S. The first-order valence-corrected chi connectivity index (χ1v) is 8.87. The van der Waals surface area contributed by atoms with E-state index in [4.69, 9.17) is 0 Å². The fourth-order valence-electron chi connectivity index (χ4n) is 2.78. The highest BCUT2D eigenvalue weighted by Gasteiger charge is 2.23. The summed E-state index contributed by atoms with van der Waals surface area (Å²) in [6, 6.07) is 11.8. The van der Waals surface area contributed by atoms with Crippen LogP contribution in [0.4, 0.5) is 0 Å². The second-order valence-electron chi connectivity index (χ2n) is 5.80. The van der Waals surface area contributed by atoms with Crippen molar-refractivity contribution in [1.29, 1.82) is 0 Å². The molecule has 2 heterocycles. The molecule has 0 spiro atoms. The Labute approximate surface area is 131 Å². The summed E-state index contributed by atoms with van der Waals surface area (Å²) < 4.78 is 0. The molecule has 114 valence electrons. The molecule has 2 unspecified atom stereocenters. The number of hydrogen-bond donors (Lipinski definition) is 2. The lowest BCUT2D eigenvalue weighted by atomic mass is 10.2. The summed E-state index contributed by atoms with van der Waals surface area (Å²) in [6.07, 6.45) is 0. The number of aliphatic imine (C=N–C) groups is 1. The van der Waals surface area contributed by atoms with E-state index < -0.39 is 0 Å². The predicted molar refractivity (Wildman–Crippen MR) is 90.9 cm³/mol. The summed E-state index contributed by atoms with van der Waals surface area (Å²) in [7, 11) is 0. The quantitative estimate of drug-likeness (QED) is 0.885. The number of nitrogens with one attached hydrogen (secondary N) is 2. The van der Waals surface area contributed by atoms with Crippen LogP contribution in [0.2, 0.25) is 0 Å². The van der Waals surface area contributed by atoms with Gasteiger partial charge in [0.2, 0.25) is 0 Å². The molecule has 2 N–H and O–H groups in total. The van der Waals surface area contributed by atoms with Crippen LogP contribution < -0.4 is 10.6 Å². The van der Waals surface area contributed by atoms with Crippen LogP contribution in [-0.4, -0.2) is 54.1 Å². The molecule has 0 saturated carbocycles. The maximum atomic E-state index is 4.48. The standard InChI is InChI=1S/C16H24N4S/c1-13-9-17-16(19-13)18-10-15-12-21-8-7-20(15)11-14-5-3-2-4-6-14/h2-6,13,15H,7-12H2,1H3,(H2,17,18,19). The average molecular weight is 304 g/mol. The normalized spacial score (nSPS) is 26.2. The van der Waals surface area contributed by atoms with Gasteiger partial charge in [-0.3, -0.25) is 9.89 Å². The predicted octanol–water partition coefficient (Wildman–Crippen LogP) is 1.54. The molecule has 1 aromatic rings. The third kappa shape index (κ3) is 4.14. The molecule has 3 rings (SSSR count). The van der Waals surface area contributed by atoms with Crippen molar-refractivity contribution in [1.82, 2.24) is 15.5 Å². The first kappa shape index (κ1) is 14.7. The molecule has 0 bridgehead atoms. The molecule has 2 aliphatic rings. The molecule has 2 aliphatic heterocycles. The van der Waals surface area contributed by atoms with Gasteiger partial charge in [0.1, 0.15) is 0 Å². The Morgan fingerprint density at radius 1 is 1.38 bits per heavy atom. The summed E-state index contributed by atoms with van der Waals surface area (Å²) in [5, 5.41) is 6.85. The van der Waals surface area contributed by atoms with Crippen LogP contribution in [0, 0.1) is 0 Å². The summed E-state index contributed by atoms with van der Waals surface area (Å²) >= 11 is 2.06. The minimum atomic E-state index is 0.466. The lowest BCUT2D eigenvalue weighted by molar-refractivity contribution is 0.210. The molecule has 1 fully saturated rings. The summed E-state index contributed by atoms with van der Waals surface area (Å²) in [5.41, 5.74) is 1.40. The van der Waals surface area contributed by atoms with Crippen molar-refractivity contribution < 1.29 is 0 Å². The number of guanidine groups is 1. The summed E-state index contributed by atoms with van der Waals surface area (Å²) in [6.45, 7) is 6.23. The van der Waals surface area contributed by atoms with Gasteiger partial charge in [-0.25, -0.2) is 0 Å².